The highest BCUT2D eigenvalue weighted by atomic mass is 16.5. The molecule has 0 bridgehead atoms. The molecule has 0 aliphatic heterocycles. The van der Waals surface area contributed by atoms with Crippen LogP contribution in [-0.2, 0) is 0 Å². The summed E-state index contributed by atoms with van der Waals surface area (Å²) in [6.07, 6.45) is 14.4. The van der Waals surface area contributed by atoms with Crippen LogP contribution in [-0.4, -0.2) is 39.1 Å². The number of ether oxygens (including phenoxy) is 5. The van der Waals surface area contributed by atoms with Crippen LogP contribution in [0.5, 0.6) is 34.5 Å². The van der Waals surface area contributed by atoms with Gasteiger partial charge in [0.2, 0.25) is 11.5 Å². The number of aromatic hydroxyl groups is 1. The summed E-state index contributed by atoms with van der Waals surface area (Å²) in [4.78, 5) is 0. The molecule has 0 amide bonds. The lowest BCUT2D eigenvalue weighted by molar-refractivity contribution is 0.178. The smallest absolute Gasteiger partial charge is 0.203 e. The summed E-state index contributed by atoms with van der Waals surface area (Å²) in [6.45, 7) is 9.20. The number of unbranched alkanes of at least 4 members (excludes halogenated alkanes) is 1. The predicted octanol–water partition coefficient (Wildman–Crippen LogP) is 9.92. The fourth-order valence-electron chi connectivity index (χ4n) is 4.94. The van der Waals surface area contributed by atoms with Crippen LogP contribution in [0.1, 0.15) is 88.5 Å². The van der Waals surface area contributed by atoms with Gasteiger partial charge in [-0.3, -0.25) is 0 Å². The van der Waals surface area contributed by atoms with Crippen molar-refractivity contribution in [2.24, 2.45) is 5.92 Å². The van der Waals surface area contributed by atoms with Crippen molar-refractivity contribution in [3.8, 4) is 34.5 Å². The molecule has 0 aliphatic rings. The average Bonchev–Trinajstić information content (AvgIpc) is 3.06. The molecule has 1 unspecified atom stereocenters. The Bertz CT molecular complexity index is 1330. The van der Waals surface area contributed by atoms with Crippen molar-refractivity contribution in [3.05, 3.63) is 70.8 Å². The lowest BCUT2D eigenvalue weighted by Gasteiger charge is -2.19. The lowest BCUT2D eigenvalue weighted by atomic mass is 10.0. The molecule has 0 spiro atoms. The standard InChI is InChI=1S/C38H50O6/c1-8-12-13-27(9-2)26-43-38-35(41-6)24-31(25-36(38)42-7)21-19-29-16-14-28(15-17-29)18-20-30-22-33(39)37(34(23-30)40-5)44-32(10-3)11-4/h14-25,27,32,39H,8-13,26H2,1-7H3/b20-18+,21-19+. The van der Waals surface area contributed by atoms with E-state index in [0.29, 0.717) is 41.3 Å². The van der Waals surface area contributed by atoms with E-state index in [1.165, 1.54) is 12.8 Å². The van der Waals surface area contributed by atoms with E-state index in [1.807, 2.05) is 36.4 Å². The van der Waals surface area contributed by atoms with E-state index in [-0.39, 0.29) is 11.9 Å². The zero-order chi connectivity index (χ0) is 31.9. The van der Waals surface area contributed by atoms with E-state index in [1.54, 1.807) is 27.4 Å². The first-order valence-corrected chi connectivity index (χ1v) is 15.8. The second kappa shape index (κ2) is 17.9. The molecule has 0 saturated heterocycles. The highest BCUT2D eigenvalue weighted by molar-refractivity contribution is 5.75. The molecule has 3 rings (SSSR count). The Morgan fingerprint density at radius 1 is 0.636 bits per heavy atom. The Morgan fingerprint density at radius 3 is 1.57 bits per heavy atom. The number of benzene rings is 3. The van der Waals surface area contributed by atoms with Gasteiger partial charge in [-0.15, -0.1) is 0 Å². The third-order valence-electron chi connectivity index (χ3n) is 7.84. The molecule has 1 N–H and O–H groups in total. The van der Waals surface area contributed by atoms with Crippen LogP contribution >= 0.6 is 0 Å². The Morgan fingerprint density at radius 2 is 1.11 bits per heavy atom. The number of rotatable bonds is 18. The van der Waals surface area contributed by atoms with Crippen LogP contribution in [0, 0.1) is 5.92 Å². The Labute approximate surface area is 264 Å². The Balaban J connectivity index is 1.71. The summed E-state index contributed by atoms with van der Waals surface area (Å²) in [5.74, 6) is 3.46. The molecule has 0 radical (unpaired) electrons. The molecule has 44 heavy (non-hydrogen) atoms. The number of hydrogen-bond acceptors (Lipinski definition) is 6. The van der Waals surface area contributed by atoms with Crippen LogP contribution in [0.25, 0.3) is 24.3 Å². The lowest BCUT2D eigenvalue weighted by Crippen LogP contribution is -2.14. The fourth-order valence-corrected chi connectivity index (χ4v) is 4.94. The topological polar surface area (TPSA) is 66.4 Å². The van der Waals surface area contributed by atoms with Gasteiger partial charge in [0.25, 0.3) is 0 Å². The predicted molar refractivity (Wildman–Crippen MR) is 182 cm³/mol. The van der Waals surface area contributed by atoms with Gasteiger partial charge >= 0.3 is 0 Å². The van der Waals surface area contributed by atoms with E-state index in [4.69, 9.17) is 23.7 Å². The van der Waals surface area contributed by atoms with Crippen LogP contribution in [0.3, 0.4) is 0 Å². The molecule has 3 aromatic rings. The quantitative estimate of drug-likeness (QED) is 0.146. The molecule has 0 fully saturated rings. The second-order valence-corrected chi connectivity index (χ2v) is 10.9. The molecular formula is C38H50O6. The minimum atomic E-state index is 0.0278. The monoisotopic (exact) mass is 602 g/mol. The van der Waals surface area contributed by atoms with Crippen LogP contribution in [0.2, 0.25) is 0 Å². The molecule has 1 atom stereocenters. The first-order chi connectivity index (χ1) is 21.4. The SMILES string of the molecule is CCCCC(CC)COc1c(OC)cc(/C=C/c2ccc(/C=C/c3cc(O)c(OC(CC)CC)c(OC)c3)cc2)cc1OC. The summed E-state index contributed by atoms with van der Waals surface area (Å²) < 4.78 is 29.1. The van der Waals surface area contributed by atoms with Crippen molar-refractivity contribution in [1.29, 1.82) is 0 Å². The van der Waals surface area contributed by atoms with Crippen molar-refractivity contribution in [1.82, 2.24) is 0 Å². The summed E-state index contributed by atoms with van der Waals surface area (Å²) in [7, 11) is 4.90. The molecule has 6 heteroatoms. The van der Waals surface area contributed by atoms with E-state index in [0.717, 1.165) is 47.9 Å². The highest BCUT2D eigenvalue weighted by Crippen LogP contribution is 2.41. The molecule has 3 aromatic carbocycles. The van der Waals surface area contributed by atoms with Crippen LogP contribution in [0.15, 0.2) is 48.5 Å². The van der Waals surface area contributed by atoms with Gasteiger partial charge in [0.05, 0.1) is 34.0 Å². The van der Waals surface area contributed by atoms with Crippen LogP contribution < -0.4 is 23.7 Å². The largest absolute Gasteiger partial charge is 0.504 e. The van der Waals surface area contributed by atoms with Crippen molar-refractivity contribution < 1.29 is 28.8 Å². The fraction of sp³-hybridized carbons (Fsp3) is 0.421. The molecule has 238 valence electrons. The maximum absolute atomic E-state index is 10.6. The minimum absolute atomic E-state index is 0.0278. The van der Waals surface area contributed by atoms with E-state index in [9.17, 15) is 5.11 Å². The van der Waals surface area contributed by atoms with Gasteiger partial charge in [-0.1, -0.05) is 95.5 Å². The number of phenolic OH excluding ortho intramolecular Hbond substituents is 1. The number of hydrogen-bond donors (Lipinski definition) is 1. The van der Waals surface area contributed by atoms with Gasteiger partial charge in [-0.25, -0.2) is 0 Å². The maximum atomic E-state index is 10.6. The van der Waals surface area contributed by atoms with E-state index >= 15 is 0 Å². The molecule has 6 nitrogen and oxygen atoms in total. The molecule has 0 aromatic heterocycles. The summed E-state index contributed by atoms with van der Waals surface area (Å²) in [5.41, 5.74) is 3.87. The first-order valence-electron chi connectivity index (χ1n) is 15.8. The number of phenols is 1. The van der Waals surface area contributed by atoms with E-state index in [2.05, 4.69) is 58.0 Å². The normalized spacial score (nSPS) is 12.2. The Hall–Kier alpha value is -4.06. The van der Waals surface area contributed by atoms with Gasteiger partial charge < -0.3 is 28.8 Å². The second-order valence-electron chi connectivity index (χ2n) is 10.9. The first kappa shape index (κ1) is 34.4. The number of methoxy groups -OCH3 is 3. The maximum Gasteiger partial charge on any atom is 0.203 e. The summed E-state index contributed by atoms with van der Waals surface area (Å²) >= 11 is 0. The van der Waals surface area contributed by atoms with Crippen molar-refractivity contribution in [2.75, 3.05) is 27.9 Å². The zero-order valence-electron chi connectivity index (χ0n) is 27.5. The zero-order valence-corrected chi connectivity index (χ0v) is 27.5. The van der Waals surface area contributed by atoms with Crippen molar-refractivity contribution in [3.63, 3.8) is 0 Å². The minimum Gasteiger partial charge on any atom is -0.504 e. The van der Waals surface area contributed by atoms with E-state index < -0.39 is 0 Å². The Kier molecular flexibility index (Phi) is 14.0. The molecule has 0 saturated carbocycles. The van der Waals surface area contributed by atoms with Gasteiger partial charge in [-0.05, 0) is 71.7 Å². The van der Waals surface area contributed by atoms with Gasteiger partial charge in [-0.2, -0.15) is 0 Å². The summed E-state index contributed by atoms with van der Waals surface area (Å²) in [5, 5.41) is 10.6. The van der Waals surface area contributed by atoms with Crippen molar-refractivity contribution in [2.45, 2.75) is 72.3 Å². The van der Waals surface area contributed by atoms with Gasteiger partial charge in [0.15, 0.2) is 23.0 Å². The third kappa shape index (κ3) is 9.73. The van der Waals surface area contributed by atoms with Gasteiger partial charge in [0.1, 0.15) is 0 Å². The third-order valence-corrected chi connectivity index (χ3v) is 7.84. The van der Waals surface area contributed by atoms with Crippen LogP contribution in [0.4, 0.5) is 0 Å². The van der Waals surface area contributed by atoms with Gasteiger partial charge in [0, 0.05) is 0 Å². The molecule has 0 heterocycles. The van der Waals surface area contributed by atoms with Crippen molar-refractivity contribution >= 4 is 24.3 Å². The molecular weight excluding hydrogens is 552 g/mol. The molecule has 0 aliphatic carbocycles. The highest BCUT2D eigenvalue weighted by Gasteiger charge is 2.17. The summed E-state index contributed by atoms with van der Waals surface area (Å²) in [6, 6.07) is 15.8. The average molecular weight is 603 g/mol.